The third-order valence-electron chi connectivity index (χ3n) is 5.11. The van der Waals surface area contributed by atoms with Gasteiger partial charge in [0.05, 0.1) is 0 Å². The molecule has 0 spiro atoms. The van der Waals surface area contributed by atoms with Crippen LogP contribution in [0, 0.1) is 18.3 Å². The Morgan fingerprint density at radius 2 is 2.04 bits per heavy atom. The molecular weight excluding hydrogens is 338 g/mol. The minimum Gasteiger partial charge on any atom is -0.475 e. The summed E-state index contributed by atoms with van der Waals surface area (Å²) in [6.07, 6.45) is 1.76. The Labute approximate surface area is 156 Å². The number of ether oxygens (including phenoxy) is 1. The van der Waals surface area contributed by atoms with E-state index in [9.17, 15) is 5.26 Å². The van der Waals surface area contributed by atoms with Crippen LogP contribution in [0.15, 0.2) is 53.1 Å². The molecule has 2 aromatic carbocycles. The van der Waals surface area contributed by atoms with Crippen molar-refractivity contribution in [1.82, 2.24) is 9.88 Å². The maximum absolute atomic E-state index is 9.44. The number of fused-ring (bicyclic) bond motifs is 6. The summed E-state index contributed by atoms with van der Waals surface area (Å²) in [6, 6.07) is 16.3. The predicted octanol–water partition coefficient (Wildman–Crippen LogP) is 4.51. The average molecular weight is 355 g/mol. The molecule has 0 fully saturated rings. The van der Waals surface area contributed by atoms with Gasteiger partial charge in [0.1, 0.15) is 23.9 Å². The van der Waals surface area contributed by atoms with Gasteiger partial charge in [0.2, 0.25) is 5.76 Å². The van der Waals surface area contributed by atoms with Crippen LogP contribution in [0.5, 0.6) is 5.75 Å². The zero-order valence-electron chi connectivity index (χ0n) is 14.9. The Hall–Kier alpha value is -3.36. The van der Waals surface area contributed by atoms with Gasteiger partial charge >= 0.3 is 0 Å². The molecule has 4 aromatic rings. The molecule has 0 saturated carbocycles. The minimum absolute atomic E-state index is 0.351. The quantitative estimate of drug-likeness (QED) is 0.529. The second-order valence-electron chi connectivity index (χ2n) is 6.83. The predicted molar refractivity (Wildman–Crippen MR) is 102 cm³/mol. The summed E-state index contributed by atoms with van der Waals surface area (Å²) < 4.78 is 12.1. The third kappa shape index (κ3) is 2.46. The summed E-state index contributed by atoms with van der Waals surface area (Å²) in [5.74, 6) is 1.15. The standard InChI is InChI=1S/C22H17N3O2/c1-14-18(10-23)27-21-16-8-5-9-24-20(16)22-17(19(14)21)12-25(13-26-22)11-15-6-3-2-4-7-15/h2-9H,11-13H2,1H3. The number of benzene rings is 2. The second kappa shape index (κ2) is 6.11. The molecule has 0 saturated heterocycles. The number of hydrogen-bond acceptors (Lipinski definition) is 5. The number of nitriles is 1. The Kier molecular flexibility index (Phi) is 3.59. The summed E-state index contributed by atoms with van der Waals surface area (Å²) in [5, 5.41) is 11.3. The van der Waals surface area contributed by atoms with Gasteiger partial charge in [-0.1, -0.05) is 30.3 Å². The first-order valence-electron chi connectivity index (χ1n) is 8.88. The van der Waals surface area contributed by atoms with Crippen molar-refractivity contribution in [2.24, 2.45) is 0 Å². The number of nitrogens with zero attached hydrogens (tertiary/aromatic N) is 3. The maximum Gasteiger partial charge on any atom is 0.207 e. The molecule has 0 atom stereocenters. The summed E-state index contributed by atoms with van der Waals surface area (Å²) in [5.41, 5.74) is 4.65. The van der Waals surface area contributed by atoms with Crippen molar-refractivity contribution in [2.75, 3.05) is 6.73 Å². The molecule has 0 N–H and O–H groups in total. The molecule has 0 unspecified atom stereocenters. The highest BCUT2D eigenvalue weighted by Crippen LogP contribution is 2.43. The van der Waals surface area contributed by atoms with Gasteiger partial charge in [0, 0.05) is 41.2 Å². The van der Waals surface area contributed by atoms with Crippen molar-refractivity contribution in [3.8, 4) is 11.8 Å². The zero-order chi connectivity index (χ0) is 18.4. The van der Waals surface area contributed by atoms with E-state index >= 15 is 0 Å². The Balaban J connectivity index is 1.69. The summed E-state index contributed by atoms with van der Waals surface area (Å²) >= 11 is 0. The number of hydrogen-bond donors (Lipinski definition) is 0. The van der Waals surface area contributed by atoms with Gasteiger partial charge in [-0.2, -0.15) is 5.26 Å². The summed E-state index contributed by atoms with van der Waals surface area (Å²) in [7, 11) is 0. The van der Waals surface area contributed by atoms with Gasteiger partial charge in [0.25, 0.3) is 0 Å². The number of rotatable bonds is 2. The molecule has 132 valence electrons. The number of furan rings is 1. The van der Waals surface area contributed by atoms with E-state index in [0.717, 1.165) is 51.8 Å². The molecule has 3 heterocycles. The SMILES string of the molecule is Cc1c(C#N)oc2c1c1c(c3ncccc32)OCN(Cc2ccccc2)C1. The van der Waals surface area contributed by atoms with Crippen LogP contribution in [0.2, 0.25) is 0 Å². The van der Waals surface area contributed by atoms with Crippen LogP contribution < -0.4 is 4.74 Å². The first-order chi connectivity index (χ1) is 13.3. The first-order valence-corrected chi connectivity index (χ1v) is 8.88. The summed E-state index contributed by atoms with van der Waals surface area (Å²) in [4.78, 5) is 6.77. The van der Waals surface area contributed by atoms with Crippen LogP contribution in [0.3, 0.4) is 0 Å². The highest BCUT2D eigenvalue weighted by atomic mass is 16.5. The molecule has 5 nitrogen and oxygen atoms in total. The lowest BCUT2D eigenvalue weighted by Crippen LogP contribution is -2.31. The van der Waals surface area contributed by atoms with Crippen LogP contribution in [-0.4, -0.2) is 16.6 Å². The van der Waals surface area contributed by atoms with E-state index < -0.39 is 0 Å². The summed E-state index contributed by atoms with van der Waals surface area (Å²) in [6.45, 7) is 3.95. The molecular formula is C22H17N3O2. The molecule has 5 rings (SSSR count). The van der Waals surface area contributed by atoms with E-state index in [-0.39, 0.29) is 0 Å². The van der Waals surface area contributed by atoms with Gasteiger partial charge in [-0.25, -0.2) is 0 Å². The first kappa shape index (κ1) is 15.9. The molecule has 27 heavy (non-hydrogen) atoms. The normalized spacial score (nSPS) is 14.1. The van der Waals surface area contributed by atoms with Crippen molar-refractivity contribution < 1.29 is 9.15 Å². The van der Waals surface area contributed by atoms with Crippen molar-refractivity contribution in [1.29, 1.82) is 5.26 Å². The van der Waals surface area contributed by atoms with E-state index in [2.05, 4.69) is 28.1 Å². The topological polar surface area (TPSA) is 62.3 Å². The van der Waals surface area contributed by atoms with Gasteiger partial charge in [-0.05, 0) is 24.6 Å². The lowest BCUT2D eigenvalue weighted by molar-refractivity contribution is 0.0910. The number of aryl methyl sites for hydroxylation is 1. The molecule has 1 aliphatic heterocycles. The Bertz CT molecular complexity index is 1210. The fraction of sp³-hybridized carbons (Fsp3) is 0.182. The lowest BCUT2D eigenvalue weighted by atomic mass is 9.99. The van der Waals surface area contributed by atoms with E-state index in [1.165, 1.54) is 5.56 Å². The lowest BCUT2D eigenvalue weighted by Gasteiger charge is -2.30. The zero-order valence-corrected chi connectivity index (χ0v) is 14.9. The smallest absolute Gasteiger partial charge is 0.207 e. The molecule has 2 aromatic heterocycles. The molecule has 0 aliphatic carbocycles. The van der Waals surface area contributed by atoms with E-state index in [0.29, 0.717) is 12.5 Å². The Morgan fingerprint density at radius 1 is 1.19 bits per heavy atom. The molecule has 0 radical (unpaired) electrons. The third-order valence-corrected chi connectivity index (χ3v) is 5.11. The van der Waals surface area contributed by atoms with Crippen LogP contribution in [-0.2, 0) is 13.1 Å². The average Bonchev–Trinajstić information content (AvgIpc) is 3.06. The van der Waals surface area contributed by atoms with Gasteiger partial charge in [0.15, 0.2) is 5.75 Å². The highest BCUT2D eigenvalue weighted by molar-refractivity contribution is 6.09. The fourth-order valence-corrected chi connectivity index (χ4v) is 3.87. The highest BCUT2D eigenvalue weighted by Gasteiger charge is 2.27. The van der Waals surface area contributed by atoms with Crippen molar-refractivity contribution in [2.45, 2.75) is 20.0 Å². The Morgan fingerprint density at radius 3 is 2.85 bits per heavy atom. The van der Waals surface area contributed by atoms with Crippen molar-refractivity contribution >= 4 is 21.9 Å². The molecule has 0 amide bonds. The largest absolute Gasteiger partial charge is 0.475 e. The van der Waals surface area contributed by atoms with E-state index in [1.807, 2.05) is 37.3 Å². The molecule has 1 aliphatic rings. The van der Waals surface area contributed by atoms with E-state index in [4.69, 9.17) is 9.15 Å². The van der Waals surface area contributed by atoms with Crippen LogP contribution in [0.1, 0.15) is 22.5 Å². The van der Waals surface area contributed by atoms with Gasteiger partial charge in [-0.3, -0.25) is 9.88 Å². The fourth-order valence-electron chi connectivity index (χ4n) is 3.87. The molecule has 0 bridgehead atoms. The van der Waals surface area contributed by atoms with Crippen LogP contribution in [0.25, 0.3) is 21.9 Å². The minimum atomic E-state index is 0.351. The monoisotopic (exact) mass is 355 g/mol. The second-order valence-corrected chi connectivity index (χ2v) is 6.83. The number of aromatic nitrogens is 1. The number of pyridine rings is 1. The van der Waals surface area contributed by atoms with Gasteiger partial charge < -0.3 is 9.15 Å². The van der Waals surface area contributed by atoms with Crippen LogP contribution >= 0.6 is 0 Å². The molecule has 5 heteroatoms. The van der Waals surface area contributed by atoms with Crippen molar-refractivity contribution in [3.05, 3.63) is 71.1 Å². The maximum atomic E-state index is 9.44. The van der Waals surface area contributed by atoms with E-state index in [1.54, 1.807) is 6.20 Å². The van der Waals surface area contributed by atoms with Crippen molar-refractivity contribution in [3.63, 3.8) is 0 Å². The van der Waals surface area contributed by atoms with Gasteiger partial charge in [-0.15, -0.1) is 0 Å². The van der Waals surface area contributed by atoms with Crippen LogP contribution in [0.4, 0.5) is 0 Å².